The third kappa shape index (κ3) is 1.25. The fraction of sp³-hybridized carbons (Fsp3) is 0.600. The average molecular weight is 149 g/mol. The molecule has 0 radical (unpaired) electrons. The van der Waals surface area contributed by atoms with E-state index in [0.717, 1.165) is 11.8 Å². The van der Waals surface area contributed by atoms with Crippen LogP contribution in [0.4, 0.5) is 0 Å². The van der Waals surface area contributed by atoms with Crippen molar-refractivity contribution >= 4 is 0 Å². The summed E-state index contributed by atoms with van der Waals surface area (Å²) in [4.78, 5) is 0. The van der Waals surface area contributed by atoms with E-state index in [-0.39, 0.29) is 5.54 Å². The second-order valence-corrected chi connectivity index (χ2v) is 3.99. The van der Waals surface area contributed by atoms with Crippen LogP contribution in [0.1, 0.15) is 19.8 Å². The van der Waals surface area contributed by atoms with Crippen molar-refractivity contribution in [1.82, 2.24) is 0 Å². The molecule has 1 fully saturated rings. The van der Waals surface area contributed by atoms with E-state index in [2.05, 4.69) is 24.3 Å². The Hall–Kier alpha value is -0.560. The average Bonchev–Trinajstić information content (AvgIpc) is 1.91. The molecule has 2 aliphatic carbocycles. The summed E-state index contributed by atoms with van der Waals surface area (Å²) in [6.45, 7) is 2.05. The number of hydrogen-bond acceptors (Lipinski definition) is 1. The van der Waals surface area contributed by atoms with E-state index in [9.17, 15) is 0 Å². The maximum Gasteiger partial charge on any atom is 0.0496 e. The van der Waals surface area contributed by atoms with Crippen molar-refractivity contribution in [2.45, 2.75) is 25.3 Å². The van der Waals surface area contributed by atoms with Crippen LogP contribution < -0.4 is 5.73 Å². The lowest BCUT2D eigenvalue weighted by atomic mass is 9.74. The molecule has 0 amide bonds. The summed E-state index contributed by atoms with van der Waals surface area (Å²) in [5.41, 5.74) is 5.76. The zero-order valence-corrected chi connectivity index (χ0v) is 6.96. The minimum atomic E-state index is -0.197. The molecule has 0 aromatic carbocycles. The summed E-state index contributed by atoms with van der Waals surface area (Å²) in [7, 11) is 0. The third-order valence-corrected chi connectivity index (χ3v) is 2.79. The van der Waals surface area contributed by atoms with Crippen LogP contribution in [0.25, 0.3) is 0 Å². The van der Waals surface area contributed by atoms with Gasteiger partial charge in [0.15, 0.2) is 0 Å². The fourth-order valence-corrected chi connectivity index (χ4v) is 1.75. The van der Waals surface area contributed by atoms with Gasteiger partial charge >= 0.3 is 0 Å². The van der Waals surface area contributed by atoms with Gasteiger partial charge in [0.05, 0.1) is 0 Å². The Morgan fingerprint density at radius 2 is 1.64 bits per heavy atom. The van der Waals surface area contributed by atoms with Crippen molar-refractivity contribution in [3.8, 4) is 0 Å². The predicted octanol–water partition coefficient (Wildman–Crippen LogP) is 1.86. The topological polar surface area (TPSA) is 26.0 Å². The normalized spacial score (nSPS) is 47.8. The lowest BCUT2D eigenvalue weighted by molar-refractivity contribution is 0.287. The highest BCUT2D eigenvalue weighted by Crippen LogP contribution is 2.38. The van der Waals surface area contributed by atoms with Crippen LogP contribution in [0.5, 0.6) is 0 Å². The van der Waals surface area contributed by atoms with Gasteiger partial charge in [-0.1, -0.05) is 24.3 Å². The molecule has 1 saturated carbocycles. The molecule has 2 aliphatic rings. The molecule has 2 atom stereocenters. The van der Waals surface area contributed by atoms with E-state index < -0.39 is 0 Å². The minimum absolute atomic E-state index is 0.197. The lowest BCUT2D eigenvalue weighted by Gasteiger charge is -2.31. The van der Waals surface area contributed by atoms with Gasteiger partial charge in [0.25, 0.3) is 0 Å². The van der Waals surface area contributed by atoms with Gasteiger partial charge in [-0.05, 0) is 31.6 Å². The van der Waals surface area contributed by atoms with E-state index in [1.54, 1.807) is 0 Å². The summed E-state index contributed by atoms with van der Waals surface area (Å²) >= 11 is 0. The van der Waals surface area contributed by atoms with Gasteiger partial charge in [-0.15, -0.1) is 0 Å². The molecule has 0 heterocycles. The fourth-order valence-electron chi connectivity index (χ4n) is 1.75. The van der Waals surface area contributed by atoms with Crippen LogP contribution >= 0.6 is 0 Å². The molecular formula is C10H15N. The first-order valence-corrected chi connectivity index (χ1v) is 4.35. The first-order valence-electron chi connectivity index (χ1n) is 4.35. The molecule has 11 heavy (non-hydrogen) atoms. The van der Waals surface area contributed by atoms with E-state index >= 15 is 0 Å². The molecular weight excluding hydrogens is 134 g/mol. The van der Waals surface area contributed by atoms with Gasteiger partial charge in [-0.25, -0.2) is 0 Å². The molecule has 0 spiro atoms. The molecule has 1 nitrogen and oxygen atoms in total. The number of allylic oxidation sites excluding steroid dienone is 2. The van der Waals surface area contributed by atoms with E-state index in [1.165, 1.54) is 12.8 Å². The Labute approximate surface area is 68.0 Å². The molecule has 2 N–H and O–H groups in total. The van der Waals surface area contributed by atoms with Crippen molar-refractivity contribution < 1.29 is 0 Å². The van der Waals surface area contributed by atoms with Crippen molar-refractivity contribution in [1.29, 1.82) is 0 Å². The summed E-state index contributed by atoms with van der Waals surface area (Å²) in [6.07, 6.45) is 11.5. The van der Waals surface area contributed by atoms with Crippen LogP contribution in [0.2, 0.25) is 0 Å². The van der Waals surface area contributed by atoms with Crippen molar-refractivity contribution in [3.63, 3.8) is 0 Å². The lowest BCUT2D eigenvalue weighted by Crippen LogP contribution is -2.30. The van der Waals surface area contributed by atoms with E-state index in [1.807, 2.05) is 6.92 Å². The second-order valence-electron chi connectivity index (χ2n) is 3.99. The van der Waals surface area contributed by atoms with Crippen LogP contribution in [-0.2, 0) is 0 Å². The Morgan fingerprint density at radius 1 is 1.18 bits per heavy atom. The van der Waals surface area contributed by atoms with Gasteiger partial charge < -0.3 is 5.73 Å². The van der Waals surface area contributed by atoms with Crippen LogP contribution in [-0.4, -0.2) is 5.54 Å². The Balaban J connectivity index is 2.22. The third-order valence-electron chi connectivity index (χ3n) is 2.79. The number of nitrogens with two attached hydrogens (primary N) is 1. The highest BCUT2D eigenvalue weighted by atomic mass is 14.7. The highest BCUT2D eigenvalue weighted by Gasteiger charge is 2.29. The molecule has 60 valence electrons. The maximum absolute atomic E-state index is 5.96. The van der Waals surface area contributed by atoms with Crippen LogP contribution in [0, 0.1) is 11.8 Å². The largest absolute Gasteiger partial charge is 0.319 e. The van der Waals surface area contributed by atoms with Crippen LogP contribution in [0.15, 0.2) is 24.3 Å². The zero-order valence-electron chi connectivity index (χ0n) is 6.96. The number of fused-ring (bicyclic) bond motifs is 1. The molecule has 0 saturated heterocycles. The van der Waals surface area contributed by atoms with Gasteiger partial charge in [0, 0.05) is 5.54 Å². The maximum atomic E-state index is 5.96. The van der Waals surface area contributed by atoms with E-state index in [4.69, 9.17) is 5.73 Å². The zero-order chi connectivity index (χ0) is 7.90. The monoisotopic (exact) mass is 149 g/mol. The van der Waals surface area contributed by atoms with Crippen LogP contribution in [0.3, 0.4) is 0 Å². The Bertz CT molecular complexity index is 191. The van der Waals surface area contributed by atoms with E-state index in [0.29, 0.717) is 0 Å². The number of hydrogen-bond donors (Lipinski definition) is 1. The van der Waals surface area contributed by atoms with Gasteiger partial charge in [0.2, 0.25) is 0 Å². The predicted molar refractivity (Wildman–Crippen MR) is 47.1 cm³/mol. The molecule has 0 aliphatic heterocycles. The SMILES string of the molecule is CC1(N)C=CC2CCC2C=C1. The number of rotatable bonds is 0. The molecule has 0 aromatic rings. The van der Waals surface area contributed by atoms with Crippen molar-refractivity contribution in [2.24, 2.45) is 17.6 Å². The van der Waals surface area contributed by atoms with Crippen molar-refractivity contribution in [2.75, 3.05) is 0 Å². The molecule has 0 aromatic heterocycles. The highest BCUT2D eigenvalue weighted by molar-refractivity contribution is 5.22. The van der Waals surface area contributed by atoms with Gasteiger partial charge in [0.1, 0.15) is 0 Å². The molecule has 1 heteroatoms. The quantitative estimate of drug-likeness (QED) is 0.523. The van der Waals surface area contributed by atoms with Gasteiger partial charge in [-0.2, -0.15) is 0 Å². The first-order chi connectivity index (χ1) is 5.17. The van der Waals surface area contributed by atoms with Gasteiger partial charge in [-0.3, -0.25) is 0 Å². The minimum Gasteiger partial charge on any atom is -0.319 e. The Kier molecular flexibility index (Phi) is 1.43. The summed E-state index contributed by atoms with van der Waals surface area (Å²) in [6, 6.07) is 0. The molecule has 2 unspecified atom stereocenters. The molecule has 2 rings (SSSR count). The summed E-state index contributed by atoms with van der Waals surface area (Å²) < 4.78 is 0. The molecule has 0 bridgehead atoms. The first kappa shape index (κ1) is 7.11. The standard InChI is InChI=1S/C10H15N/c1-10(11)6-4-8-2-3-9(8)5-7-10/h4-9H,2-3,11H2,1H3. The second kappa shape index (κ2) is 2.21. The summed E-state index contributed by atoms with van der Waals surface area (Å²) in [5, 5.41) is 0. The smallest absolute Gasteiger partial charge is 0.0496 e. The Morgan fingerprint density at radius 3 is 2.00 bits per heavy atom. The summed E-state index contributed by atoms with van der Waals surface area (Å²) in [5.74, 6) is 1.58. The van der Waals surface area contributed by atoms with Crippen molar-refractivity contribution in [3.05, 3.63) is 24.3 Å².